The van der Waals surface area contributed by atoms with E-state index in [0.717, 1.165) is 17.0 Å². The van der Waals surface area contributed by atoms with Crippen LogP contribution in [0.2, 0.25) is 0 Å². The number of nitrogens with one attached hydrogen (secondary N) is 1. The van der Waals surface area contributed by atoms with Gasteiger partial charge in [-0.2, -0.15) is 0 Å². The number of thioether (sulfide) groups is 1. The molecule has 1 unspecified atom stereocenters. The van der Waals surface area contributed by atoms with E-state index in [2.05, 4.69) is 37.4 Å². The number of phenolic OH excluding ortho intramolecular Hbond substituents is 1. The van der Waals surface area contributed by atoms with Crippen molar-refractivity contribution < 1.29 is 5.11 Å². The summed E-state index contributed by atoms with van der Waals surface area (Å²) in [6.07, 6.45) is 0. The summed E-state index contributed by atoms with van der Waals surface area (Å²) in [5, 5.41) is 13.0. The van der Waals surface area contributed by atoms with Crippen LogP contribution in [0.5, 0.6) is 5.75 Å². The lowest BCUT2D eigenvalue weighted by Gasteiger charge is -2.18. The van der Waals surface area contributed by atoms with E-state index in [1.807, 2.05) is 30.0 Å². The number of hydrogen-bond donors (Lipinski definition) is 2. The fourth-order valence-corrected chi connectivity index (χ4v) is 2.75. The van der Waals surface area contributed by atoms with Gasteiger partial charge in [0.25, 0.3) is 0 Å². The monoisotopic (exact) mass is 273 g/mol. The van der Waals surface area contributed by atoms with Crippen LogP contribution in [0.3, 0.4) is 0 Å². The van der Waals surface area contributed by atoms with Crippen molar-refractivity contribution in [2.24, 2.45) is 0 Å². The van der Waals surface area contributed by atoms with Gasteiger partial charge in [-0.25, -0.2) is 0 Å². The van der Waals surface area contributed by atoms with E-state index in [1.165, 1.54) is 4.90 Å². The molecule has 0 fully saturated rings. The number of rotatable bonds is 5. The predicted molar refractivity (Wildman–Crippen MR) is 83.0 cm³/mol. The summed E-state index contributed by atoms with van der Waals surface area (Å²) >= 11 is 1.83. The zero-order valence-corrected chi connectivity index (χ0v) is 12.1. The van der Waals surface area contributed by atoms with E-state index in [0.29, 0.717) is 5.75 Å². The second-order valence-electron chi connectivity index (χ2n) is 4.39. The fourth-order valence-electron chi connectivity index (χ4n) is 1.98. The van der Waals surface area contributed by atoms with E-state index >= 15 is 0 Å². The standard InChI is InChI=1S/C16H19NOS/c1-3-19-16-10-5-4-9-15(16)17-12(2)13-7-6-8-14(18)11-13/h4-12,17-18H,3H2,1-2H3. The van der Waals surface area contributed by atoms with Gasteiger partial charge >= 0.3 is 0 Å². The Balaban J connectivity index is 2.16. The molecular weight excluding hydrogens is 254 g/mol. The molecule has 0 saturated heterocycles. The van der Waals surface area contributed by atoms with Crippen molar-refractivity contribution in [2.75, 3.05) is 11.1 Å². The molecule has 2 aromatic carbocycles. The van der Waals surface area contributed by atoms with Crippen molar-refractivity contribution in [2.45, 2.75) is 24.8 Å². The Hall–Kier alpha value is -1.61. The summed E-state index contributed by atoms with van der Waals surface area (Å²) in [6, 6.07) is 15.9. The van der Waals surface area contributed by atoms with Crippen LogP contribution in [0.15, 0.2) is 53.4 Å². The number of anilines is 1. The molecule has 0 bridgehead atoms. The lowest BCUT2D eigenvalue weighted by Crippen LogP contribution is -2.07. The Labute approximate surface area is 118 Å². The number of benzene rings is 2. The van der Waals surface area contributed by atoms with E-state index in [9.17, 15) is 5.11 Å². The summed E-state index contributed by atoms with van der Waals surface area (Å²) < 4.78 is 0. The number of phenols is 1. The third-order valence-corrected chi connectivity index (χ3v) is 3.88. The van der Waals surface area contributed by atoms with Crippen molar-refractivity contribution >= 4 is 17.4 Å². The molecule has 2 aromatic rings. The molecule has 0 aliphatic heterocycles. The minimum atomic E-state index is 0.158. The van der Waals surface area contributed by atoms with Gasteiger partial charge < -0.3 is 10.4 Å². The summed E-state index contributed by atoms with van der Waals surface area (Å²) in [5.74, 6) is 1.36. The van der Waals surface area contributed by atoms with Crippen LogP contribution in [-0.4, -0.2) is 10.9 Å². The van der Waals surface area contributed by atoms with E-state index in [4.69, 9.17) is 0 Å². The molecule has 0 aliphatic carbocycles. The van der Waals surface area contributed by atoms with Gasteiger partial charge in [-0.05, 0) is 42.5 Å². The average molecular weight is 273 g/mol. The maximum Gasteiger partial charge on any atom is 0.115 e. The van der Waals surface area contributed by atoms with Crippen LogP contribution in [-0.2, 0) is 0 Å². The molecule has 2 nitrogen and oxygen atoms in total. The summed E-state index contributed by atoms with van der Waals surface area (Å²) in [7, 11) is 0. The number of hydrogen-bond acceptors (Lipinski definition) is 3. The van der Waals surface area contributed by atoms with Gasteiger partial charge in [0.2, 0.25) is 0 Å². The van der Waals surface area contributed by atoms with Crippen molar-refractivity contribution in [3.8, 4) is 5.75 Å². The Bertz CT molecular complexity index is 542. The van der Waals surface area contributed by atoms with Crippen molar-refractivity contribution in [1.82, 2.24) is 0 Å². The Kier molecular flexibility index (Phi) is 4.74. The van der Waals surface area contributed by atoms with Crippen LogP contribution in [0, 0.1) is 0 Å². The summed E-state index contributed by atoms with van der Waals surface area (Å²) in [6.45, 7) is 4.25. The van der Waals surface area contributed by atoms with E-state index in [-0.39, 0.29) is 6.04 Å². The molecule has 0 heterocycles. The molecule has 100 valence electrons. The topological polar surface area (TPSA) is 32.3 Å². The molecule has 0 spiro atoms. The van der Waals surface area contributed by atoms with Crippen LogP contribution in [0.4, 0.5) is 5.69 Å². The molecule has 0 radical (unpaired) electrons. The van der Waals surface area contributed by atoms with Gasteiger partial charge in [-0.15, -0.1) is 11.8 Å². The zero-order chi connectivity index (χ0) is 13.7. The Morgan fingerprint density at radius 1 is 1.16 bits per heavy atom. The maximum atomic E-state index is 9.53. The Morgan fingerprint density at radius 3 is 2.68 bits per heavy atom. The first-order valence-corrected chi connectivity index (χ1v) is 7.46. The molecular formula is C16H19NOS. The lowest BCUT2D eigenvalue weighted by molar-refractivity contribution is 0.474. The number of aromatic hydroxyl groups is 1. The molecule has 0 saturated carbocycles. The van der Waals surface area contributed by atoms with Crippen LogP contribution in [0.25, 0.3) is 0 Å². The van der Waals surface area contributed by atoms with Gasteiger partial charge in [0, 0.05) is 16.6 Å². The van der Waals surface area contributed by atoms with Crippen molar-refractivity contribution in [1.29, 1.82) is 0 Å². The van der Waals surface area contributed by atoms with Gasteiger partial charge in [-0.3, -0.25) is 0 Å². The summed E-state index contributed by atoms with van der Waals surface area (Å²) in [5.41, 5.74) is 2.22. The molecule has 2 rings (SSSR count). The third-order valence-electron chi connectivity index (χ3n) is 2.93. The minimum absolute atomic E-state index is 0.158. The fraction of sp³-hybridized carbons (Fsp3) is 0.250. The summed E-state index contributed by atoms with van der Waals surface area (Å²) in [4.78, 5) is 1.26. The molecule has 0 aliphatic rings. The highest BCUT2D eigenvalue weighted by molar-refractivity contribution is 7.99. The molecule has 0 aromatic heterocycles. The highest BCUT2D eigenvalue weighted by Crippen LogP contribution is 2.30. The SMILES string of the molecule is CCSc1ccccc1NC(C)c1cccc(O)c1. The first kappa shape index (κ1) is 13.8. The zero-order valence-electron chi connectivity index (χ0n) is 11.3. The first-order valence-electron chi connectivity index (χ1n) is 6.48. The molecule has 2 N–H and O–H groups in total. The average Bonchev–Trinajstić information content (AvgIpc) is 2.41. The van der Waals surface area contributed by atoms with Gasteiger partial charge in [0.1, 0.15) is 5.75 Å². The highest BCUT2D eigenvalue weighted by Gasteiger charge is 2.08. The lowest BCUT2D eigenvalue weighted by atomic mass is 10.1. The normalized spacial score (nSPS) is 12.1. The van der Waals surface area contributed by atoms with Crippen LogP contribution in [0.1, 0.15) is 25.5 Å². The van der Waals surface area contributed by atoms with Gasteiger partial charge in [0.05, 0.1) is 0 Å². The van der Waals surface area contributed by atoms with Crippen molar-refractivity contribution in [3.63, 3.8) is 0 Å². The first-order chi connectivity index (χ1) is 9.20. The predicted octanol–water partition coefficient (Wildman–Crippen LogP) is 4.68. The highest BCUT2D eigenvalue weighted by atomic mass is 32.2. The van der Waals surface area contributed by atoms with Gasteiger partial charge in [0.15, 0.2) is 0 Å². The number of para-hydroxylation sites is 1. The van der Waals surface area contributed by atoms with Crippen LogP contribution < -0.4 is 5.32 Å². The smallest absolute Gasteiger partial charge is 0.115 e. The van der Waals surface area contributed by atoms with Gasteiger partial charge in [-0.1, -0.05) is 31.2 Å². The third kappa shape index (κ3) is 3.67. The van der Waals surface area contributed by atoms with Crippen molar-refractivity contribution in [3.05, 3.63) is 54.1 Å². The largest absolute Gasteiger partial charge is 0.508 e. The molecule has 3 heteroatoms. The molecule has 1 atom stereocenters. The molecule has 0 amide bonds. The Morgan fingerprint density at radius 2 is 1.95 bits per heavy atom. The minimum Gasteiger partial charge on any atom is -0.508 e. The second-order valence-corrected chi connectivity index (χ2v) is 5.70. The molecule has 19 heavy (non-hydrogen) atoms. The second kappa shape index (κ2) is 6.53. The maximum absolute atomic E-state index is 9.53. The quantitative estimate of drug-likeness (QED) is 0.776. The van der Waals surface area contributed by atoms with E-state index < -0.39 is 0 Å². The van der Waals surface area contributed by atoms with E-state index in [1.54, 1.807) is 12.1 Å². The van der Waals surface area contributed by atoms with Crippen LogP contribution >= 0.6 is 11.8 Å².